The number of non-ortho nitro benzene ring substituents is 1. The lowest BCUT2D eigenvalue weighted by Crippen LogP contribution is -2.30. The van der Waals surface area contributed by atoms with Crippen LogP contribution in [0.15, 0.2) is 60.4 Å². The minimum Gasteiger partial charge on any atom is -0.426 e. The SMILES string of the molecule is Cc1cc(OC(=O)[C@@H]2CC(=O)N(c3ccc([N+](=O)[O-])cc3)C2)ccc1N1C(=O)c2c(Br)c(Br)c(Br)c(Br)c2C1=O. The molecule has 1 atom stereocenters. The summed E-state index contributed by atoms with van der Waals surface area (Å²) in [5.74, 6) is -2.49. The summed E-state index contributed by atoms with van der Waals surface area (Å²) < 4.78 is 7.59. The number of carbonyl (C=O) groups is 4. The molecule has 5 rings (SSSR count). The topological polar surface area (TPSA) is 127 Å². The monoisotopic (exact) mass is 797 g/mol. The average molecular weight is 801 g/mol. The number of halogens is 4. The predicted molar refractivity (Wildman–Crippen MR) is 159 cm³/mol. The molecule has 0 spiro atoms. The Kier molecular flexibility index (Phi) is 7.72. The quantitative estimate of drug-likeness (QED) is 0.0534. The summed E-state index contributed by atoms with van der Waals surface area (Å²) in [7, 11) is 0. The molecule has 0 radical (unpaired) electrons. The predicted octanol–water partition coefficient (Wildman–Crippen LogP) is 6.71. The second-order valence-corrected chi connectivity index (χ2v) is 12.2. The standard InChI is InChI=1S/C26H15Br4N3O7/c1-11-8-15(40-26(37)12-9-17(34)31(10-12)13-2-4-14(5-3-13)33(38)39)6-7-16(11)32-24(35)18-19(25(32)36)21(28)23(30)22(29)20(18)27/h2-8,12H,9-10H2,1H3/t12-/m1/s1. The number of hydrogen-bond donors (Lipinski definition) is 0. The van der Waals surface area contributed by atoms with Crippen LogP contribution in [-0.4, -0.2) is 35.2 Å². The first-order chi connectivity index (χ1) is 18.9. The number of nitro benzene ring substituents is 1. The second kappa shape index (κ2) is 10.8. The number of anilines is 2. The zero-order valence-corrected chi connectivity index (χ0v) is 26.6. The fraction of sp³-hybridized carbons (Fsp3) is 0.154. The van der Waals surface area contributed by atoms with E-state index in [1.807, 2.05) is 0 Å². The molecule has 0 aliphatic carbocycles. The molecular formula is C26H15Br4N3O7. The van der Waals surface area contributed by atoms with Gasteiger partial charge in [0.1, 0.15) is 5.75 Å². The molecule has 2 aliphatic heterocycles. The third-order valence-corrected chi connectivity index (χ3v) is 11.3. The number of aryl methyl sites for hydroxylation is 1. The summed E-state index contributed by atoms with van der Waals surface area (Å²) in [6.45, 7) is 1.75. The third kappa shape index (κ3) is 4.80. The molecule has 10 nitrogen and oxygen atoms in total. The number of nitrogens with zero attached hydrogens (tertiary/aromatic N) is 3. The van der Waals surface area contributed by atoms with E-state index < -0.39 is 28.6 Å². The van der Waals surface area contributed by atoms with Crippen molar-refractivity contribution < 1.29 is 28.8 Å². The van der Waals surface area contributed by atoms with Crippen molar-refractivity contribution in [1.82, 2.24) is 0 Å². The number of nitro groups is 1. The Labute approximate surface area is 260 Å². The smallest absolute Gasteiger partial charge is 0.316 e. The number of amides is 3. The van der Waals surface area contributed by atoms with E-state index in [0.717, 1.165) is 4.90 Å². The summed E-state index contributed by atoms with van der Waals surface area (Å²) in [5, 5.41) is 10.9. The van der Waals surface area contributed by atoms with E-state index in [0.29, 0.717) is 34.8 Å². The van der Waals surface area contributed by atoms with Crippen molar-refractivity contribution in [3.63, 3.8) is 0 Å². The molecular weight excluding hydrogens is 786 g/mol. The highest BCUT2D eigenvalue weighted by molar-refractivity contribution is 9.15. The Bertz CT molecular complexity index is 1610. The molecule has 0 saturated carbocycles. The van der Waals surface area contributed by atoms with E-state index >= 15 is 0 Å². The average Bonchev–Trinajstić information content (AvgIpc) is 3.43. The Morgan fingerprint density at radius 1 is 0.925 bits per heavy atom. The summed E-state index contributed by atoms with van der Waals surface area (Å²) in [5.41, 5.74) is 1.62. The highest BCUT2D eigenvalue weighted by atomic mass is 79.9. The van der Waals surface area contributed by atoms with Gasteiger partial charge >= 0.3 is 5.97 Å². The zero-order valence-electron chi connectivity index (χ0n) is 20.2. The van der Waals surface area contributed by atoms with E-state index in [1.165, 1.54) is 47.4 Å². The summed E-state index contributed by atoms with van der Waals surface area (Å²) in [6.07, 6.45) is -0.0726. The van der Waals surface area contributed by atoms with Gasteiger partial charge < -0.3 is 9.64 Å². The van der Waals surface area contributed by atoms with Crippen molar-refractivity contribution in [3.8, 4) is 5.75 Å². The van der Waals surface area contributed by atoms with Crippen LogP contribution in [0.1, 0.15) is 32.7 Å². The maximum absolute atomic E-state index is 13.3. The maximum atomic E-state index is 13.3. The molecule has 3 aromatic rings. The van der Waals surface area contributed by atoms with Gasteiger partial charge in [0.05, 0.1) is 27.7 Å². The van der Waals surface area contributed by atoms with Crippen LogP contribution in [0.2, 0.25) is 0 Å². The fourth-order valence-electron chi connectivity index (χ4n) is 4.58. The van der Waals surface area contributed by atoms with Gasteiger partial charge in [-0.1, -0.05) is 0 Å². The van der Waals surface area contributed by atoms with Crippen LogP contribution in [0.4, 0.5) is 17.1 Å². The van der Waals surface area contributed by atoms with E-state index in [2.05, 4.69) is 63.7 Å². The Hall–Kier alpha value is -2.94. The Morgan fingerprint density at radius 2 is 1.50 bits per heavy atom. The van der Waals surface area contributed by atoms with Crippen molar-refractivity contribution in [2.45, 2.75) is 13.3 Å². The number of hydrogen-bond acceptors (Lipinski definition) is 7. The molecule has 1 fully saturated rings. The Morgan fingerprint density at radius 3 is 2.02 bits per heavy atom. The number of benzene rings is 3. The molecule has 1 saturated heterocycles. The molecule has 0 aromatic heterocycles. The van der Waals surface area contributed by atoms with Crippen LogP contribution in [0.25, 0.3) is 0 Å². The molecule has 40 heavy (non-hydrogen) atoms. The van der Waals surface area contributed by atoms with E-state index in [4.69, 9.17) is 4.74 Å². The molecule has 0 N–H and O–H groups in total. The van der Waals surface area contributed by atoms with Gasteiger partial charge in [0.25, 0.3) is 17.5 Å². The van der Waals surface area contributed by atoms with Gasteiger partial charge in [-0.15, -0.1) is 0 Å². The largest absolute Gasteiger partial charge is 0.426 e. The Balaban J connectivity index is 1.32. The number of fused-ring (bicyclic) bond motifs is 1. The first kappa shape index (κ1) is 28.6. The number of carbonyl (C=O) groups excluding carboxylic acids is 4. The summed E-state index contributed by atoms with van der Waals surface area (Å²) in [6, 6.07) is 10.0. The van der Waals surface area contributed by atoms with Gasteiger partial charge in [-0.2, -0.15) is 0 Å². The molecule has 204 valence electrons. The molecule has 14 heteroatoms. The molecule has 0 bridgehead atoms. The van der Waals surface area contributed by atoms with Gasteiger partial charge in [0.15, 0.2) is 0 Å². The van der Waals surface area contributed by atoms with Gasteiger partial charge in [0.2, 0.25) is 5.91 Å². The number of rotatable bonds is 5. The molecule has 2 aliphatic rings. The van der Waals surface area contributed by atoms with Crippen molar-refractivity contribution in [3.05, 3.63) is 87.2 Å². The first-order valence-electron chi connectivity index (χ1n) is 11.5. The van der Waals surface area contributed by atoms with Crippen molar-refractivity contribution in [1.29, 1.82) is 0 Å². The molecule has 3 aromatic carbocycles. The fourth-order valence-corrected chi connectivity index (χ4v) is 7.04. The minimum atomic E-state index is -0.745. The van der Waals surface area contributed by atoms with E-state index in [1.54, 1.807) is 6.92 Å². The zero-order chi connectivity index (χ0) is 29.0. The van der Waals surface area contributed by atoms with Crippen molar-refractivity contribution >= 4 is 104 Å². The van der Waals surface area contributed by atoms with Crippen LogP contribution in [0.5, 0.6) is 5.75 Å². The highest BCUT2D eigenvalue weighted by Crippen LogP contribution is 2.46. The van der Waals surface area contributed by atoms with Crippen LogP contribution in [0, 0.1) is 23.0 Å². The van der Waals surface area contributed by atoms with Gasteiger partial charge in [-0.25, -0.2) is 4.90 Å². The number of ether oxygens (including phenoxy) is 1. The number of esters is 1. The molecule has 2 heterocycles. The minimum absolute atomic E-state index is 0.0659. The lowest BCUT2D eigenvalue weighted by Gasteiger charge is -2.18. The van der Waals surface area contributed by atoms with Gasteiger partial charge in [-0.3, -0.25) is 29.3 Å². The summed E-state index contributed by atoms with van der Waals surface area (Å²) in [4.78, 5) is 64.9. The van der Waals surface area contributed by atoms with E-state index in [-0.39, 0.29) is 41.4 Å². The molecule has 3 amide bonds. The number of imide groups is 1. The lowest BCUT2D eigenvalue weighted by molar-refractivity contribution is -0.384. The van der Waals surface area contributed by atoms with E-state index in [9.17, 15) is 29.3 Å². The van der Waals surface area contributed by atoms with Crippen LogP contribution >= 0.6 is 63.7 Å². The molecule has 0 unspecified atom stereocenters. The summed E-state index contributed by atoms with van der Waals surface area (Å²) >= 11 is 13.6. The van der Waals surface area contributed by atoms with Crippen molar-refractivity contribution in [2.75, 3.05) is 16.3 Å². The maximum Gasteiger partial charge on any atom is 0.316 e. The van der Waals surface area contributed by atoms with Crippen molar-refractivity contribution in [2.24, 2.45) is 5.92 Å². The first-order valence-corrected chi connectivity index (χ1v) is 14.7. The van der Waals surface area contributed by atoms with Crippen LogP contribution in [-0.2, 0) is 9.59 Å². The van der Waals surface area contributed by atoms with Crippen LogP contribution < -0.4 is 14.5 Å². The van der Waals surface area contributed by atoms with Gasteiger partial charge in [-0.05, 0) is 107 Å². The van der Waals surface area contributed by atoms with Crippen LogP contribution in [0.3, 0.4) is 0 Å². The highest BCUT2D eigenvalue weighted by Gasteiger charge is 2.42. The van der Waals surface area contributed by atoms with Gasteiger partial charge in [0, 0.05) is 48.7 Å². The third-order valence-electron chi connectivity index (χ3n) is 6.56. The normalized spacial score (nSPS) is 16.5. The lowest BCUT2D eigenvalue weighted by atomic mass is 10.1. The second-order valence-electron chi connectivity index (χ2n) is 9.00.